The highest BCUT2D eigenvalue weighted by molar-refractivity contribution is 5.85. The molecule has 9 atom stereocenters. The van der Waals surface area contributed by atoms with Crippen LogP contribution >= 0.6 is 0 Å². The van der Waals surface area contributed by atoms with Crippen LogP contribution in [0.15, 0.2) is 0 Å². The van der Waals surface area contributed by atoms with Gasteiger partial charge in [0.25, 0.3) is 0 Å². The van der Waals surface area contributed by atoms with Gasteiger partial charge in [-0.25, -0.2) is 0 Å². The van der Waals surface area contributed by atoms with Crippen molar-refractivity contribution in [2.75, 3.05) is 0 Å². The molecule has 7 rings (SSSR count). The van der Waals surface area contributed by atoms with E-state index >= 15 is 0 Å². The van der Waals surface area contributed by atoms with E-state index in [0.717, 1.165) is 32.1 Å². The van der Waals surface area contributed by atoms with Crippen molar-refractivity contribution >= 4 is 17.7 Å². The molecular formula is C23H28O6. The lowest BCUT2D eigenvalue weighted by atomic mass is 9.41. The van der Waals surface area contributed by atoms with Crippen LogP contribution in [-0.4, -0.2) is 40.6 Å². The van der Waals surface area contributed by atoms with E-state index in [2.05, 4.69) is 13.8 Å². The van der Waals surface area contributed by atoms with E-state index in [-0.39, 0.29) is 58.0 Å². The molecule has 6 heteroatoms. The van der Waals surface area contributed by atoms with Gasteiger partial charge in [0, 0.05) is 42.4 Å². The van der Waals surface area contributed by atoms with E-state index in [0.29, 0.717) is 25.7 Å². The van der Waals surface area contributed by atoms with Gasteiger partial charge in [0.05, 0.1) is 12.0 Å². The van der Waals surface area contributed by atoms with Gasteiger partial charge in [-0.1, -0.05) is 13.8 Å². The molecule has 4 unspecified atom stereocenters. The maximum Gasteiger partial charge on any atom is 0.310 e. The summed E-state index contributed by atoms with van der Waals surface area (Å²) in [5, 5.41) is 0. The van der Waals surface area contributed by atoms with Crippen molar-refractivity contribution in [3.05, 3.63) is 0 Å². The first-order valence-corrected chi connectivity index (χ1v) is 11.3. The Kier molecular flexibility index (Phi) is 2.73. The Bertz CT molecular complexity index is 898. The van der Waals surface area contributed by atoms with Gasteiger partial charge in [-0.3, -0.25) is 14.4 Å². The van der Waals surface area contributed by atoms with Crippen LogP contribution in [-0.2, 0) is 28.6 Å². The number of esters is 2. The largest absolute Gasteiger partial charge is 0.458 e. The van der Waals surface area contributed by atoms with Crippen LogP contribution in [0.25, 0.3) is 0 Å². The minimum absolute atomic E-state index is 0.0675. The van der Waals surface area contributed by atoms with E-state index in [1.165, 1.54) is 0 Å². The fourth-order valence-electron chi connectivity index (χ4n) is 9.49. The molecule has 156 valence electrons. The first-order chi connectivity index (χ1) is 13.7. The summed E-state index contributed by atoms with van der Waals surface area (Å²) in [4.78, 5) is 37.6. The zero-order chi connectivity index (χ0) is 20.0. The monoisotopic (exact) mass is 400 g/mol. The molecule has 3 saturated heterocycles. The summed E-state index contributed by atoms with van der Waals surface area (Å²) in [6.07, 6.45) is 6.38. The molecule has 3 aliphatic heterocycles. The number of hydrogen-bond acceptors (Lipinski definition) is 6. The average Bonchev–Trinajstić information content (AvgIpc) is 2.96. The van der Waals surface area contributed by atoms with Crippen molar-refractivity contribution in [3.8, 4) is 0 Å². The fourth-order valence-corrected chi connectivity index (χ4v) is 9.49. The van der Waals surface area contributed by atoms with Crippen LogP contribution in [0.2, 0.25) is 0 Å². The summed E-state index contributed by atoms with van der Waals surface area (Å²) >= 11 is 0. The van der Waals surface area contributed by atoms with Crippen molar-refractivity contribution in [1.82, 2.24) is 0 Å². The fraction of sp³-hybridized carbons (Fsp3) is 0.870. The Morgan fingerprint density at radius 1 is 0.931 bits per heavy atom. The number of epoxide rings is 1. The molecule has 0 aromatic rings. The van der Waals surface area contributed by atoms with Gasteiger partial charge in [-0.2, -0.15) is 0 Å². The molecule has 3 spiro atoms. The van der Waals surface area contributed by atoms with Gasteiger partial charge in [0.15, 0.2) is 0 Å². The normalized spacial score (nSPS) is 61.5. The molecule has 4 saturated carbocycles. The zero-order valence-corrected chi connectivity index (χ0v) is 17.1. The quantitative estimate of drug-likeness (QED) is 0.459. The molecule has 7 fully saturated rings. The molecule has 0 N–H and O–H groups in total. The second-order valence-corrected chi connectivity index (χ2v) is 11.4. The highest BCUT2D eigenvalue weighted by Gasteiger charge is 2.88. The van der Waals surface area contributed by atoms with Crippen LogP contribution in [0.3, 0.4) is 0 Å². The molecule has 0 aromatic heterocycles. The van der Waals surface area contributed by atoms with Gasteiger partial charge in [0.1, 0.15) is 22.6 Å². The van der Waals surface area contributed by atoms with Crippen LogP contribution < -0.4 is 0 Å². The third-order valence-corrected chi connectivity index (χ3v) is 10.9. The number of rotatable bonds is 0. The number of hydrogen-bond donors (Lipinski definition) is 0. The number of carbonyl (C=O) groups excluding carboxylic acids is 3. The average molecular weight is 400 g/mol. The highest BCUT2D eigenvalue weighted by atomic mass is 16.6. The Balaban J connectivity index is 1.38. The minimum Gasteiger partial charge on any atom is -0.458 e. The number of Topliss-reactive ketones (excluding diaryl/α,β-unsaturated/α-hetero) is 1. The van der Waals surface area contributed by atoms with Crippen LogP contribution in [0.5, 0.6) is 0 Å². The molecule has 2 bridgehead atoms. The molecule has 0 amide bonds. The third kappa shape index (κ3) is 1.55. The van der Waals surface area contributed by atoms with E-state index in [4.69, 9.17) is 14.2 Å². The van der Waals surface area contributed by atoms with Crippen molar-refractivity contribution in [2.45, 2.75) is 94.5 Å². The van der Waals surface area contributed by atoms with Crippen LogP contribution in [0.4, 0.5) is 0 Å². The van der Waals surface area contributed by atoms with Crippen LogP contribution in [0.1, 0.15) is 71.6 Å². The van der Waals surface area contributed by atoms with Crippen LogP contribution in [0, 0.1) is 28.6 Å². The molecule has 29 heavy (non-hydrogen) atoms. The number of ketones is 1. The number of fused-ring (bicyclic) bond motifs is 5. The summed E-state index contributed by atoms with van der Waals surface area (Å²) in [6.45, 7) is 4.51. The van der Waals surface area contributed by atoms with Gasteiger partial charge in [0.2, 0.25) is 0 Å². The molecule has 0 aromatic carbocycles. The predicted octanol–water partition coefficient (Wildman–Crippen LogP) is 2.71. The minimum atomic E-state index is -0.681. The van der Waals surface area contributed by atoms with Crippen molar-refractivity contribution in [3.63, 3.8) is 0 Å². The van der Waals surface area contributed by atoms with Gasteiger partial charge >= 0.3 is 11.9 Å². The number of carbonyl (C=O) groups is 3. The van der Waals surface area contributed by atoms with Gasteiger partial charge in [-0.15, -0.1) is 0 Å². The standard InChI is InChI=1S/C23H28O6/c1-19-11-15-23(27-15)17(14(19)4-7-21(19)8-5-16(25)28-21)13-10-22(29-18(13)26)9-12(24)3-6-20(22,23)2/h13-15,17H,3-11H2,1-2H3/t13-,14?,15+,17?,19?,20?,21-,22+,23-/m1/s1. The van der Waals surface area contributed by atoms with Crippen molar-refractivity contribution < 1.29 is 28.6 Å². The smallest absolute Gasteiger partial charge is 0.310 e. The molecule has 4 aliphatic carbocycles. The second kappa shape index (κ2) is 4.58. The second-order valence-electron chi connectivity index (χ2n) is 11.4. The predicted molar refractivity (Wildman–Crippen MR) is 98.5 cm³/mol. The maximum atomic E-state index is 13.2. The summed E-state index contributed by atoms with van der Waals surface area (Å²) < 4.78 is 18.8. The topological polar surface area (TPSA) is 82.2 Å². The first-order valence-electron chi connectivity index (χ1n) is 11.3. The molecule has 7 aliphatic rings. The first kappa shape index (κ1) is 17.3. The zero-order valence-electron chi connectivity index (χ0n) is 17.1. The van der Waals surface area contributed by atoms with Crippen molar-refractivity contribution in [1.29, 1.82) is 0 Å². The lowest BCUT2D eigenvalue weighted by Crippen LogP contribution is -2.68. The summed E-state index contributed by atoms with van der Waals surface area (Å²) in [7, 11) is 0. The SMILES string of the molecule is CC12C[C@@H]3O[C@@]34C(C1CC[C@@]21CCC(=O)O1)[C@H]1C[C@]2(CC(=O)CCC24C)OC1=O. The van der Waals surface area contributed by atoms with E-state index in [1.54, 1.807) is 0 Å². The van der Waals surface area contributed by atoms with E-state index in [1.807, 2.05) is 0 Å². The van der Waals surface area contributed by atoms with Gasteiger partial charge < -0.3 is 14.2 Å². The summed E-state index contributed by atoms with van der Waals surface area (Å²) in [5.41, 5.74) is -1.90. The Labute approximate surface area is 170 Å². The lowest BCUT2D eigenvalue weighted by molar-refractivity contribution is -0.193. The molecule has 0 radical (unpaired) electrons. The number of ether oxygens (including phenoxy) is 3. The van der Waals surface area contributed by atoms with E-state index in [9.17, 15) is 14.4 Å². The highest BCUT2D eigenvalue weighted by Crippen LogP contribution is 2.81. The van der Waals surface area contributed by atoms with Gasteiger partial charge in [-0.05, 0) is 38.0 Å². The summed E-state index contributed by atoms with van der Waals surface area (Å²) in [5.74, 6) is 0.190. The Morgan fingerprint density at radius 2 is 1.76 bits per heavy atom. The molecule has 6 nitrogen and oxygen atoms in total. The Morgan fingerprint density at radius 3 is 2.52 bits per heavy atom. The molecule has 3 heterocycles. The molecular weight excluding hydrogens is 372 g/mol. The summed E-state index contributed by atoms with van der Waals surface area (Å²) in [6, 6.07) is 0. The van der Waals surface area contributed by atoms with Crippen molar-refractivity contribution in [2.24, 2.45) is 28.6 Å². The lowest BCUT2D eigenvalue weighted by Gasteiger charge is -2.60. The maximum absolute atomic E-state index is 13.2. The Hall–Kier alpha value is -1.43. The van der Waals surface area contributed by atoms with E-state index < -0.39 is 11.2 Å². The third-order valence-electron chi connectivity index (χ3n) is 10.9.